The molecule has 24 heavy (non-hydrogen) atoms. The first-order chi connectivity index (χ1) is 11.3. The summed E-state index contributed by atoms with van der Waals surface area (Å²) in [6.45, 7) is 3.31. The molecule has 0 aromatic heterocycles. The smallest absolute Gasteiger partial charge is 0.224 e. The van der Waals surface area contributed by atoms with E-state index in [4.69, 9.17) is 0 Å². The molecule has 0 radical (unpaired) electrons. The van der Waals surface area contributed by atoms with Gasteiger partial charge in [0.15, 0.2) is 0 Å². The minimum atomic E-state index is -0.359. The van der Waals surface area contributed by atoms with Crippen LogP contribution in [0.15, 0.2) is 46.9 Å². The predicted molar refractivity (Wildman–Crippen MR) is 95.1 cm³/mol. The summed E-state index contributed by atoms with van der Waals surface area (Å²) in [4.78, 5) is 23.3. The molecule has 2 aromatic rings. The van der Waals surface area contributed by atoms with Crippen molar-refractivity contribution in [2.45, 2.75) is 26.3 Å². The molecule has 2 aromatic carbocycles. The standard InChI is InChI=1S/C18H18BrFN2O2/c1-11(14-4-3-5-15(10-14)22-12(2)23)21-18(24)9-13-6-7-17(20)16(19)8-13/h3-8,10-11H,9H2,1-2H3,(H,21,24)(H,22,23)/t11-/m0/s1. The van der Waals surface area contributed by atoms with Crippen LogP contribution in [0.25, 0.3) is 0 Å². The molecule has 0 saturated heterocycles. The highest BCUT2D eigenvalue weighted by atomic mass is 79.9. The van der Waals surface area contributed by atoms with Gasteiger partial charge in [-0.1, -0.05) is 18.2 Å². The van der Waals surface area contributed by atoms with Crippen LogP contribution in [-0.2, 0) is 16.0 Å². The predicted octanol–water partition coefficient (Wildman–Crippen LogP) is 3.97. The number of amides is 2. The summed E-state index contributed by atoms with van der Waals surface area (Å²) < 4.78 is 13.6. The summed E-state index contributed by atoms with van der Waals surface area (Å²) in [5, 5.41) is 5.61. The first-order valence-electron chi connectivity index (χ1n) is 7.46. The normalized spacial score (nSPS) is 11.7. The van der Waals surface area contributed by atoms with E-state index < -0.39 is 0 Å². The Hall–Kier alpha value is -2.21. The number of hydrogen-bond acceptors (Lipinski definition) is 2. The largest absolute Gasteiger partial charge is 0.349 e. The molecule has 1 atom stereocenters. The molecule has 0 unspecified atom stereocenters. The van der Waals surface area contributed by atoms with Gasteiger partial charge in [0.25, 0.3) is 0 Å². The van der Waals surface area contributed by atoms with E-state index >= 15 is 0 Å². The van der Waals surface area contributed by atoms with Crippen molar-refractivity contribution in [3.8, 4) is 0 Å². The third kappa shape index (κ3) is 5.16. The van der Waals surface area contributed by atoms with Crippen LogP contribution in [0.3, 0.4) is 0 Å². The van der Waals surface area contributed by atoms with Crippen molar-refractivity contribution in [1.29, 1.82) is 0 Å². The van der Waals surface area contributed by atoms with Gasteiger partial charge in [-0.3, -0.25) is 9.59 Å². The second-order valence-electron chi connectivity index (χ2n) is 5.52. The lowest BCUT2D eigenvalue weighted by atomic mass is 10.1. The highest BCUT2D eigenvalue weighted by molar-refractivity contribution is 9.10. The molecular weight excluding hydrogens is 375 g/mol. The van der Waals surface area contributed by atoms with Crippen LogP contribution in [-0.4, -0.2) is 11.8 Å². The molecule has 2 amide bonds. The lowest BCUT2D eigenvalue weighted by molar-refractivity contribution is -0.121. The molecule has 0 aliphatic carbocycles. The maximum atomic E-state index is 13.2. The van der Waals surface area contributed by atoms with E-state index in [1.54, 1.807) is 18.2 Å². The molecule has 4 nitrogen and oxygen atoms in total. The van der Waals surface area contributed by atoms with Gasteiger partial charge < -0.3 is 10.6 Å². The number of nitrogens with one attached hydrogen (secondary N) is 2. The van der Waals surface area contributed by atoms with E-state index in [0.717, 1.165) is 11.1 Å². The first-order valence-corrected chi connectivity index (χ1v) is 8.25. The highest BCUT2D eigenvalue weighted by Crippen LogP contribution is 2.19. The average molecular weight is 393 g/mol. The van der Waals surface area contributed by atoms with E-state index in [1.807, 2.05) is 25.1 Å². The molecule has 0 aliphatic rings. The maximum Gasteiger partial charge on any atom is 0.224 e. The molecule has 2 N–H and O–H groups in total. The summed E-state index contributed by atoms with van der Waals surface area (Å²) in [6, 6.07) is 11.6. The van der Waals surface area contributed by atoms with Crippen LogP contribution in [0, 0.1) is 5.82 Å². The van der Waals surface area contributed by atoms with Crippen LogP contribution in [0.2, 0.25) is 0 Å². The van der Waals surface area contributed by atoms with E-state index in [0.29, 0.717) is 10.2 Å². The zero-order valence-corrected chi connectivity index (χ0v) is 15.0. The molecule has 0 heterocycles. The Morgan fingerprint density at radius 2 is 1.96 bits per heavy atom. The Kier molecular flexibility index (Phi) is 6.09. The highest BCUT2D eigenvalue weighted by Gasteiger charge is 2.12. The zero-order valence-electron chi connectivity index (χ0n) is 13.4. The number of halogens is 2. The van der Waals surface area contributed by atoms with Crippen molar-refractivity contribution < 1.29 is 14.0 Å². The fraction of sp³-hybridized carbons (Fsp3) is 0.222. The number of carbonyl (C=O) groups excluding carboxylic acids is 2. The maximum absolute atomic E-state index is 13.2. The second-order valence-corrected chi connectivity index (χ2v) is 6.38. The van der Waals surface area contributed by atoms with Gasteiger partial charge in [0.1, 0.15) is 5.82 Å². The molecule has 0 bridgehead atoms. The minimum absolute atomic E-state index is 0.147. The number of hydrogen-bond donors (Lipinski definition) is 2. The second kappa shape index (κ2) is 8.06. The minimum Gasteiger partial charge on any atom is -0.349 e. The lowest BCUT2D eigenvalue weighted by Gasteiger charge is -2.15. The molecule has 0 saturated carbocycles. The quantitative estimate of drug-likeness (QED) is 0.808. The van der Waals surface area contributed by atoms with Gasteiger partial charge in [0, 0.05) is 12.6 Å². The van der Waals surface area contributed by atoms with Crippen LogP contribution in [0.5, 0.6) is 0 Å². The molecule has 126 valence electrons. The van der Waals surface area contributed by atoms with Crippen LogP contribution >= 0.6 is 15.9 Å². The Morgan fingerprint density at radius 1 is 1.21 bits per heavy atom. The molecule has 0 fully saturated rings. The molecule has 2 rings (SSSR count). The summed E-state index contributed by atoms with van der Waals surface area (Å²) in [6.07, 6.45) is 0.161. The lowest BCUT2D eigenvalue weighted by Crippen LogP contribution is -2.28. The van der Waals surface area contributed by atoms with Gasteiger partial charge in [-0.25, -0.2) is 4.39 Å². The van der Waals surface area contributed by atoms with E-state index in [2.05, 4.69) is 26.6 Å². The monoisotopic (exact) mass is 392 g/mol. The number of rotatable bonds is 5. The third-order valence-electron chi connectivity index (χ3n) is 3.43. The Bertz CT molecular complexity index is 764. The van der Waals surface area contributed by atoms with Crippen molar-refractivity contribution in [3.05, 3.63) is 63.9 Å². The van der Waals surface area contributed by atoms with Gasteiger partial charge in [-0.15, -0.1) is 0 Å². The number of benzene rings is 2. The third-order valence-corrected chi connectivity index (χ3v) is 4.04. The summed E-state index contributed by atoms with van der Waals surface area (Å²) in [5.41, 5.74) is 2.29. The fourth-order valence-electron chi connectivity index (χ4n) is 2.30. The van der Waals surface area contributed by atoms with Crippen LogP contribution < -0.4 is 10.6 Å². The topological polar surface area (TPSA) is 58.2 Å². The van der Waals surface area contributed by atoms with Gasteiger partial charge in [-0.05, 0) is 58.2 Å². The van der Waals surface area contributed by atoms with Crippen molar-refractivity contribution in [3.63, 3.8) is 0 Å². The van der Waals surface area contributed by atoms with Crippen molar-refractivity contribution in [1.82, 2.24) is 5.32 Å². The number of anilines is 1. The van der Waals surface area contributed by atoms with Crippen LogP contribution in [0.4, 0.5) is 10.1 Å². The van der Waals surface area contributed by atoms with E-state index in [9.17, 15) is 14.0 Å². The Balaban J connectivity index is 2.00. The van der Waals surface area contributed by atoms with E-state index in [1.165, 1.54) is 13.0 Å². The van der Waals surface area contributed by atoms with Gasteiger partial charge in [-0.2, -0.15) is 0 Å². The molecule has 6 heteroatoms. The summed E-state index contributed by atoms with van der Waals surface area (Å²) >= 11 is 3.11. The Morgan fingerprint density at radius 3 is 2.62 bits per heavy atom. The first kappa shape index (κ1) is 18.1. The van der Waals surface area contributed by atoms with Gasteiger partial charge in [0.2, 0.25) is 11.8 Å². The molecule has 0 spiro atoms. The summed E-state index contributed by atoms with van der Waals surface area (Å²) in [7, 11) is 0. The van der Waals surface area contributed by atoms with Crippen molar-refractivity contribution in [2.75, 3.05) is 5.32 Å². The number of carbonyl (C=O) groups is 2. The average Bonchev–Trinajstić information content (AvgIpc) is 2.50. The fourth-order valence-corrected chi connectivity index (χ4v) is 2.73. The Labute approximate surface area is 148 Å². The van der Waals surface area contributed by atoms with Crippen molar-refractivity contribution >= 4 is 33.4 Å². The molecular formula is C18H18BrFN2O2. The summed E-state index contributed by atoms with van der Waals surface area (Å²) in [5.74, 6) is -0.668. The SMILES string of the molecule is CC(=O)Nc1cccc([C@H](C)NC(=O)Cc2ccc(F)c(Br)c2)c1. The van der Waals surface area contributed by atoms with E-state index in [-0.39, 0.29) is 30.1 Å². The van der Waals surface area contributed by atoms with Gasteiger partial charge in [0.05, 0.1) is 16.9 Å². The zero-order chi connectivity index (χ0) is 17.7. The van der Waals surface area contributed by atoms with Gasteiger partial charge >= 0.3 is 0 Å². The molecule has 0 aliphatic heterocycles. The van der Waals surface area contributed by atoms with Crippen LogP contribution in [0.1, 0.15) is 31.0 Å². The van der Waals surface area contributed by atoms with Crippen molar-refractivity contribution in [2.24, 2.45) is 0 Å².